The van der Waals surface area contributed by atoms with Gasteiger partial charge in [0.05, 0.1) is 42.5 Å². The molecule has 3 unspecified atom stereocenters. The van der Waals surface area contributed by atoms with E-state index in [4.69, 9.17) is 14.5 Å². The highest BCUT2D eigenvalue weighted by atomic mass is 16.5. The minimum Gasteiger partial charge on any atom is -0.484 e. The minimum absolute atomic E-state index is 0.00567. The Morgan fingerprint density at radius 3 is 3.00 bits per heavy atom. The number of aromatic nitrogens is 1. The number of nitriles is 1. The summed E-state index contributed by atoms with van der Waals surface area (Å²) in [7, 11) is 2.16. The molecule has 2 saturated heterocycles. The lowest BCUT2D eigenvalue weighted by atomic mass is 9.95. The number of ether oxygens (including phenoxy) is 2. The smallest absolute Gasteiger partial charge is 0.259 e. The molecule has 1 saturated carbocycles. The molecule has 8 rings (SSSR count). The molecule has 1 aromatic heterocycles. The van der Waals surface area contributed by atoms with Gasteiger partial charge in [-0.05, 0) is 80.8 Å². The summed E-state index contributed by atoms with van der Waals surface area (Å²) in [5, 5.41) is 9.64. The largest absolute Gasteiger partial charge is 0.484 e. The third-order valence-corrected chi connectivity index (χ3v) is 10.8. The molecule has 9 nitrogen and oxygen atoms in total. The fourth-order valence-electron chi connectivity index (χ4n) is 8.42. The molecular formula is C34H40N6O3. The Balaban J connectivity index is 1.17. The molecule has 9 heteroatoms. The van der Waals surface area contributed by atoms with Gasteiger partial charge in [-0.3, -0.25) is 4.79 Å². The molecule has 2 aromatic rings. The van der Waals surface area contributed by atoms with Crippen molar-refractivity contribution in [2.45, 2.75) is 69.1 Å². The summed E-state index contributed by atoms with van der Waals surface area (Å²) in [6.45, 7) is 8.56. The van der Waals surface area contributed by atoms with Gasteiger partial charge in [-0.2, -0.15) is 5.26 Å². The van der Waals surface area contributed by atoms with Gasteiger partial charge in [0.25, 0.3) is 5.88 Å². The number of anilines is 2. The van der Waals surface area contributed by atoms with Crippen LogP contribution in [0.5, 0.6) is 11.6 Å². The maximum atomic E-state index is 12.8. The van der Waals surface area contributed by atoms with Crippen LogP contribution >= 0.6 is 0 Å². The van der Waals surface area contributed by atoms with Crippen molar-refractivity contribution in [1.82, 2.24) is 14.8 Å². The van der Waals surface area contributed by atoms with Gasteiger partial charge in [0.2, 0.25) is 11.7 Å². The summed E-state index contributed by atoms with van der Waals surface area (Å²) in [6, 6.07) is 9.30. The Bertz CT molecular complexity index is 1520. The fraction of sp³-hybridized carbons (Fsp3) is 0.559. The van der Waals surface area contributed by atoms with E-state index in [9.17, 15) is 10.1 Å². The predicted molar refractivity (Wildman–Crippen MR) is 164 cm³/mol. The van der Waals surface area contributed by atoms with Crippen molar-refractivity contribution in [1.29, 1.82) is 5.26 Å². The van der Waals surface area contributed by atoms with Crippen LogP contribution in [0.15, 0.2) is 30.9 Å². The van der Waals surface area contributed by atoms with Crippen LogP contribution in [0.25, 0.3) is 0 Å². The van der Waals surface area contributed by atoms with Crippen LogP contribution in [-0.4, -0.2) is 85.3 Å². The lowest BCUT2D eigenvalue weighted by Gasteiger charge is -2.50. The number of likely N-dealkylation sites (N-methyl/N-ethyl adjacent to an activating group) is 1. The number of likely N-dealkylation sites (tertiary alicyclic amines) is 1. The predicted octanol–water partition coefficient (Wildman–Crippen LogP) is 3.65. The van der Waals surface area contributed by atoms with Gasteiger partial charge in [-0.15, -0.1) is 0 Å². The second-order valence-corrected chi connectivity index (χ2v) is 13.3. The maximum absolute atomic E-state index is 12.8. The number of piperazine rings is 1. The van der Waals surface area contributed by atoms with Crippen LogP contribution in [0.3, 0.4) is 0 Å². The first kappa shape index (κ1) is 26.8. The van der Waals surface area contributed by atoms with Crippen molar-refractivity contribution in [2.24, 2.45) is 5.92 Å². The normalized spacial score (nSPS) is 28.6. The molecule has 5 atom stereocenters. The summed E-state index contributed by atoms with van der Waals surface area (Å²) in [6.07, 6.45) is 7.35. The van der Waals surface area contributed by atoms with E-state index in [1.165, 1.54) is 42.2 Å². The number of amides is 1. The number of rotatable bonds is 6. The van der Waals surface area contributed by atoms with Crippen LogP contribution in [0, 0.1) is 17.2 Å². The third kappa shape index (κ3) is 4.45. The SMILES string of the molecule is C=CC(=O)N1CC2COc3c(OC[C@@H]4CCCN4C)nc4c(c3N2C[C@@H]1CC#N)CCN(c1cccc2c1C1CC1C2)C4. The first-order valence-corrected chi connectivity index (χ1v) is 16.0. The fourth-order valence-corrected chi connectivity index (χ4v) is 8.42. The van der Waals surface area contributed by atoms with Gasteiger partial charge in [0.15, 0.2) is 0 Å². The van der Waals surface area contributed by atoms with E-state index in [0.29, 0.717) is 38.2 Å². The van der Waals surface area contributed by atoms with Crippen molar-refractivity contribution >= 4 is 17.3 Å². The lowest BCUT2D eigenvalue weighted by Crippen LogP contribution is -2.62. The average Bonchev–Trinajstić information content (AvgIpc) is 3.51. The third-order valence-electron chi connectivity index (χ3n) is 10.8. The van der Waals surface area contributed by atoms with E-state index in [-0.39, 0.29) is 24.4 Å². The van der Waals surface area contributed by atoms with Gasteiger partial charge in [0, 0.05) is 36.9 Å². The number of hydrogen-bond donors (Lipinski definition) is 0. The zero-order valence-corrected chi connectivity index (χ0v) is 25.0. The molecule has 0 N–H and O–H groups in total. The summed E-state index contributed by atoms with van der Waals surface area (Å²) >= 11 is 0. The molecule has 1 amide bonds. The first-order valence-electron chi connectivity index (χ1n) is 16.0. The number of fused-ring (bicyclic) bond motifs is 8. The zero-order chi connectivity index (χ0) is 29.2. The molecule has 0 spiro atoms. The zero-order valence-electron chi connectivity index (χ0n) is 25.0. The molecule has 2 aliphatic carbocycles. The van der Waals surface area contributed by atoms with Crippen LogP contribution in [0.2, 0.25) is 0 Å². The Morgan fingerprint density at radius 1 is 1.28 bits per heavy atom. The molecule has 0 bridgehead atoms. The van der Waals surface area contributed by atoms with E-state index >= 15 is 0 Å². The summed E-state index contributed by atoms with van der Waals surface area (Å²) in [5.41, 5.74) is 7.80. The van der Waals surface area contributed by atoms with Gasteiger partial charge >= 0.3 is 0 Å². The van der Waals surface area contributed by atoms with Crippen LogP contribution in [0.1, 0.15) is 54.0 Å². The number of carbonyl (C=O) groups is 1. The molecule has 4 aliphatic heterocycles. The van der Waals surface area contributed by atoms with Crippen molar-refractivity contribution in [3.8, 4) is 17.7 Å². The highest BCUT2D eigenvalue weighted by Gasteiger charge is 2.47. The van der Waals surface area contributed by atoms with Gasteiger partial charge in [-0.25, -0.2) is 4.98 Å². The number of pyridine rings is 1. The Labute approximate surface area is 253 Å². The summed E-state index contributed by atoms with van der Waals surface area (Å²) in [5.74, 6) is 2.75. The van der Waals surface area contributed by atoms with Crippen molar-refractivity contribution in [3.63, 3.8) is 0 Å². The topological polar surface area (TPSA) is 85.2 Å². The van der Waals surface area contributed by atoms with Gasteiger partial charge < -0.3 is 29.1 Å². The highest BCUT2D eigenvalue weighted by Crippen LogP contribution is 2.59. The second-order valence-electron chi connectivity index (χ2n) is 13.3. The number of hydrogen-bond acceptors (Lipinski definition) is 8. The highest BCUT2D eigenvalue weighted by molar-refractivity contribution is 5.88. The van der Waals surface area contributed by atoms with Crippen LogP contribution in [0.4, 0.5) is 11.4 Å². The van der Waals surface area contributed by atoms with Gasteiger partial charge in [0.1, 0.15) is 13.2 Å². The molecule has 6 aliphatic rings. The standard InChI is InChI=1S/C34H40N6O3/c1-3-30(41)39-17-25-20-42-33-32(40(25)16-23(39)9-11-35)26-10-13-38(29-8-4-6-21-14-22-15-27(22)31(21)29)18-28(26)36-34(33)43-19-24-7-5-12-37(24)2/h3-4,6,8,22-25,27H,1,5,7,9-10,12-20H2,2H3/t22?,23-,24-,25?,27?/m0/s1. The Kier molecular flexibility index (Phi) is 6.52. The van der Waals surface area contributed by atoms with E-state index in [0.717, 1.165) is 61.4 Å². The van der Waals surface area contributed by atoms with E-state index in [2.05, 4.69) is 52.6 Å². The van der Waals surface area contributed by atoms with Crippen LogP contribution < -0.4 is 19.3 Å². The quantitative estimate of drug-likeness (QED) is 0.479. The minimum atomic E-state index is -0.212. The molecule has 3 fully saturated rings. The lowest BCUT2D eigenvalue weighted by molar-refractivity contribution is -0.129. The monoisotopic (exact) mass is 580 g/mol. The molecule has 0 radical (unpaired) electrons. The summed E-state index contributed by atoms with van der Waals surface area (Å²) in [4.78, 5) is 27.1. The van der Waals surface area contributed by atoms with Crippen molar-refractivity contribution in [3.05, 3.63) is 53.2 Å². The summed E-state index contributed by atoms with van der Waals surface area (Å²) < 4.78 is 13.0. The van der Waals surface area contributed by atoms with Gasteiger partial charge in [-0.1, -0.05) is 18.7 Å². The van der Waals surface area contributed by atoms with Crippen LogP contribution in [-0.2, 0) is 24.2 Å². The first-order chi connectivity index (χ1) is 21.0. The van der Waals surface area contributed by atoms with E-state index < -0.39 is 0 Å². The van der Waals surface area contributed by atoms with Crippen molar-refractivity contribution < 1.29 is 14.3 Å². The Morgan fingerprint density at radius 2 is 2.19 bits per heavy atom. The van der Waals surface area contributed by atoms with E-state index in [1.807, 2.05) is 0 Å². The Hall–Kier alpha value is -3.77. The number of nitrogens with zero attached hydrogens (tertiary/aromatic N) is 6. The molecule has 5 heterocycles. The second kappa shape index (κ2) is 10.4. The number of benzene rings is 1. The molecule has 43 heavy (non-hydrogen) atoms. The molecule has 1 aromatic carbocycles. The van der Waals surface area contributed by atoms with E-state index in [1.54, 1.807) is 10.5 Å². The maximum Gasteiger partial charge on any atom is 0.259 e. The molecular weight excluding hydrogens is 540 g/mol. The molecule has 224 valence electrons. The number of carbonyl (C=O) groups excluding carboxylic acids is 1. The average molecular weight is 581 g/mol. The van der Waals surface area contributed by atoms with Crippen molar-refractivity contribution in [2.75, 3.05) is 56.2 Å².